The number of tetrazole rings is 2. The molecule has 0 aliphatic rings. The number of hydrogen-bond donors (Lipinski definition) is 4. The van der Waals surface area contributed by atoms with Crippen molar-refractivity contribution in [3.05, 3.63) is 263 Å². The minimum Gasteiger partial charge on any atom is -0.398 e. The van der Waals surface area contributed by atoms with E-state index < -0.39 is 70.2 Å². The van der Waals surface area contributed by atoms with Crippen LogP contribution in [0.2, 0.25) is 0 Å². The first-order valence-corrected chi connectivity index (χ1v) is 28.9. The van der Waals surface area contributed by atoms with Gasteiger partial charge in [-0.2, -0.15) is 73.2 Å². The molecular formula is C63H47BrF16IN11O2. The van der Waals surface area contributed by atoms with Crippen LogP contribution in [0.15, 0.2) is 170 Å². The van der Waals surface area contributed by atoms with E-state index in [0.29, 0.717) is 38.7 Å². The topological polar surface area (TPSA) is 212 Å². The Bertz CT molecular complexity index is 4060. The molecule has 2 aromatic heterocycles. The first kappa shape index (κ1) is 75.4. The number of halogens is 18. The van der Waals surface area contributed by atoms with Gasteiger partial charge in [0.05, 0.1) is 64.4 Å². The van der Waals surface area contributed by atoms with Crippen molar-refractivity contribution in [1.82, 2.24) is 40.8 Å². The van der Waals surface area contributed by atoms with Crippen molar-refractivity contribution in [1.29, 1.82) is 10.5 Å². The number of rotatable bonds is 11. The van der Waals surface area contributed by atoms with Crippen LogP contribution < -0.4 is 5.73 Å². The Balaban J connectivity index is 0.000000218. The van der Waals surface area contributed by atoms with E-state index in [0.717, 1.165) is 56.9 Å². The van der Waals surface area contributed by atoms with E-state index in [1.165, 1.54) is 103 Å². The number of alkyl halides is 13. The van der Waals surface area contributed by atoms with Gasteiger partial charge >= 0.3 is 24.7 Å². The summed E-state index contributed by atoms with van der Waals surface area (Å²) in [7, 11) is 0. The maximum atomic E-state index is 14.3. The Morgan fingerprint density at radius 2 is 0.840 bits per heavy atom. The highest BCUT2D eigenvalue weighted by Crippen LogP contribution is 2.34. The molecule has 0 amide bonds. The van der Waals surface area contributed by atoms with Crippen molar-refractivity contribution in [2.45, 2.75) is 50.5 Å². The van der Waals surface area contributed by atoms with Gasteiger partial charge in [-0.3, -0.25) is 0 Å². The molecule has 94 heavy (non-hydrogen) atoms. The van der Waals surface area contributed by atoms with E-state index in [-0.39, 0.29) is 78.6 Å². The molecule has 0 aliphatic carbocycles. The Labute approximate surface area is 546 Å². The quantitative estimate of drug-likeness (QED) is 0.0414. The van der Waals surface area contributed by atoms with Gasteiger partial charge < -0.3 is 15.9 Å². The van der Waals surface area contributed by atoms with Gasteiger partial charge in [0.2, 0.25) is 11.6 Å². The molecule has 5 N–H and O–H groups in total. The summed E-state index contributed by atoms with van der Waals surface area (Å²) in [5.74, 6) is -2.11. The van der Waals surface area contributed by atoms with Gasteiger partial charge in [0, 0.05) is 8.90 Å². The molecule has 0 saturated heterocycles. The predicted octanol–water partition coefficient (Wildman–Crippen LogP) is 16.0. The number of aromatic nitrogens is 8. The SMILES string of the molecule is FC(F)(F)c1ccc(I)cc1.Fc1cccc(Cc2ccc(C(F)(F)F)cc2)c1-c1nn[nH]n1.N#Cc1c(F)cccc1Cc1ccc(C(F)(F)F)cc1.N#Cc1c(N)cccc1F.OCCBr.OCCn1nnc(-c2c(F)cccc2Cc2ccc(C(F)(F)F)cc2)n1. The molecule has 10 aromatic rings. The molecule has 10 rings (SSSR count). The number of benzene rings is 8. The summed E-state index contributed by atoms with van der Waals surface area (Å²) in [6.07, 6.45) is -16.7. The third kappa shape index (κ3) is 23.1. The lowest BCUT2D eigenvalue weighted by atomic mass is 9.98. The van der Waals surface area contributed by atoms with Crippen LogP contribution in [0.5, 0.6) is 0 Å². The minimum absolute atomic E-state index is 0.0541. The molecule has 0 bridgehead atoms. The summed E-state index contributed by atoms with van der Waals surface area (Å²) >= 11 is 4.96. The third-order valence-electron chi connectivity index (χ3n) is 12.4. The predicted molar refractivity (Wildman–Crippen MR) is 324 cm³/mol. The molecule has 0 spiro atoms. The molecule has 0 saturated carbocycles. The van der Waals surface area contributed by atoms with Gasteiger partial charge in [-0.25, -0.2) is 17.6 Å². The second kappa shape index (κ2) is 35.1. The molecule has 0 aliphatic heterocycles. The van der Waals surface area contributed by atoms with Crippen LogP contribution in [0, 0.1) is 49.5 Å². The number of aliphatic hydroxyl groups excluding tert-OH is 2. The van der Waals surface area contributed by atoms with Crippen molar-refractivity contribution in [3.63, 3.8) is 0 Å². The number of aromatic amines is 1. The summed E-state index contributed by atoms with van der Waals surface area (Å²) in [6.45, 7) is 0.168. The number of nitrogens with two attached hydrogens (primary N) is 1. The fourth-order valence-corrected chi connectivity index (χ4v) is 8.32. The smallest absolute Gasteiger partial charge is 0.398 e. The van der Waals surface area contributed by atoms with Crippen molar-refractivity contribution >= 4 is 44.2 Å². The lowest BCUT2D eigenvalue weighted by molar-refractivity contribution is -0.138. The molecule has 0 atom stereocenters. The average Bonchev–Trinajstić information content (AvgIpc) is 1.41. The standard InChI is InChI=1S/C17H14F4N4O.C15H10F4N4.C15H9F4N.C7H4F3I.C7H5FN2.C2H5BrO/c18-14-3-1-2-12(15(14)16-22-24-25(23-16)8-9-26)10-11-4-6-13(7-5-11)17(19,20)21;16-12-3-1-2-10(13(12)14-20-22-23-21-14)8-9-4-6-11(7-5-9)15(17,18)19;16-14-3-1-2-11(13(14)9-20)8-10-4-6-12(7-5-10)15(17,18)19;8-7(9,10)5-1-3-6(11)4-2-5;8-6-2-1-3-7(10)5(6)4-9;3-1-2-4/h1-7,26H,8-10H2;1-7H,8H2,(H,20,21,22,23);1-7H,8H2;1-4H;1-3H,10H2;4H,1-2H2. The number of nitrogen functional groups attached to an aromatic ring is 1. The maximum Gasteiger partial charge on any atom is 0.416 e. The van der Waals surface area contributed by atoms with E-state index in [1.54, 1.807) is 30.3 Å². The van der Waals surface area contributed by atoms with Crippen molar-refractivity contribution in [3.8, 4) is 34.9 Å². The van der Waals surface area contributed by atoms with Gasteiger partial charge in [-0.05, 0) is 177 Å². The summed E-state index contributed by atoms with van der Waals surface area (Å²) < 4.78 is 204. The fourth-order valence-electron chi connectivity index (χ4n) is 7.96. The summed E-state index contributed by atoms with van der Waals surface area (Å²) in [4.78, 5) is 1.14. The molecule has 0 radical (unpaired) electrons. The van der Waals surface area contributed by atoms with Crippen LogP contribution in [0.4, 0.5) is 75.9 Å². The monoisotopic (exact) mass is 1500 g/mol. The molecule has 13 nitrogen and oxygen atoms in total. The number of hydrogen-bond acceptors (Lipinski definition) is 11. The minimum atomic E-state index is -4.41. The van der Waals surface area contributed by atoms with Crippen molar-refractivity contribution < 1.29 is 80.5 Å². The fraction of sp³-hybridized carbons (Fsp3) is 0.175. The van der Waals surface area contributed by atoms with Crippen LogP contribution in [0.3, 0.4) is 0 Å². The Kier molecular flexibility index (Phi) is 28.2. The molecule has 31 heteroatoms. The van der Waals surface area contributed by atoms with E-state index in [1.807, 2.05) is 22.6 Å². The van der Waals surface area contributed by atoms with Crippen LogP contribution in [-0.4, -0.2) is 69.6 Å². The molecule has 0 fully saturated rings. The van der Waals surface area contributed by atoms with Gasteiger partial charge in [0.25, 0.3) is 0 Å². The van der Waals surface area contributed by atoms with E-state index in [2.05, 4.69) is 52.0 Å². The number of H-pyrrole nitrogens is 1. The first-order chi connectivity index (χ1) is 44.4. The van der Waals surface area contributed by atoms with E-state index in [9.17, 15) is 70.2 Å². The normalized spacial score (nSPS) is 11.1. The lowest BCUT2D eigenvalue weighted by Crippen LogP contribution is -2.06. The van der Waals surface area contributed by atoms with Gasteiger partial charge in [0.15, 0.2) is 0 Å². The average molecular weight is 1500 g/mol. The van der Waals surface area contributed by atoms with E-state index >= 15 is 0 Å². The third-order valence-corrected chi connectivity index (χ3v) is 13.5. The van der Waals surface area contributed by atoms with Gasteiger partial charge in [0.1, 0.15) is 41.0 Å². The summed E-state index contributed by atoms with van der Waals surface area (Å²) in [6, 6.07) is 39.7. The van der Waals surface area contributed by atoms with Crippen LogP contribution in [0.1, 0.15) is 66.8 Å². The maximum absolute atomic E-state index is 14.3. The zero-order chi connectivity index (χ0) is 69.4. The lowest BCUT2D eigenvalue weighted by Gasteiger charge is -2.10. The highest BCUT2D eigenvalue weighted by molar-refractivity contribution is 14.1. The molecular weight excluding hydrogens is 1450 g/mol. The number of anilines is 1. The van der Waals surface area contributed by atoms with Crippen LogP contribution in [0.25, 0.3) is 22.8 Å². The number of nitrogens with one attached hydrogen (secondary N) is 1. The van der Waals surface area contributed by atoms with Crippen molar-refractivity contribution in [2.75, 3.05) is 24.3 Å². The molecule has 8 aromatic carbocycles. The van der Waals surface area contributed by atoms with Gasteiger partial charge in [-0.15, -0.1) is 20.4 Å². The highest BCUT2D eigenvalue weighted by Gasteiger charge is 2.33. The molecule has 2 heterocycles. The first-order valence-electron chi connectivity index (χ1n) is 26.7. The number of aliphatic hydroxyl groups is 2. The highest BCUT2D eigenvalue weighted by atomic mass is 127. The Hall–Kier alpha value is -9.31. The van der Waals surface area contributed by atoms with Gasteiger partial charge in [-0.1, -0.05) is 94.8 Å². The summed E-state index contributed by atoms with van der Waals surface area (Å²) in [5.41, 5.74) is 6.14. The number of nitrogens with zero attached hydrogens (tertiary/aromatic N) is 9. The zero-order valence-electron chi connectivity index (χ0n) is 47.9. The van der Waals surface area contributed by atoms with Crippen molar-refractivity contribution in [2.24, 2.45) is 0 Å². The van der Waals surface area contributed by atoms with E-state index in [4.69, 9.17) is 26.5 Å². The number of nitriles is 2. The Morgan fingerprint density at radius 1 is 0.479 bits per heavy atom. The van der Waals surface area contributed by atoms with Crippen LogP contribution >= 0.6 is 38.5 Å². The second-order valence-corrected chi connectivity index (χ2v) is 21.0. The second-order valence-electron chi connectivity index (χ2n) is 18.9. The molecule has 492 valence electrons. The Morgan fingerprint density at radius 3 is 1.19 bits per heavy atom. The zero-order valence-corrected chi connectivity index (χ0v) is 51.7. The summed E-state index contributed by atoms with van der Waals surface area (Å²) in [5, 5.41) is 59.4. The molecule has 0 unspecified atom stereocenters. The van der Waals surface area contributed by atoms with Crippen LogP contribution in [-0.2, 0) is 50.5 Å². The largest absolute Gasteiger partial charge is 0.416 e.